The largest absolute Gasteiger partial charge is 0.497 e. The van der Waals surface area contributed by atoms with Crippen molar-refractivity contribution in [2.24, 2.45) is 0 Å². The normalized spacial score (nSPS) is 15.0. The lowest BCUT2D eigenvalue weighted by molar-refractivity contribution is -0.118. The highest BCUT2D eigenvalue weighted by Gasteiger charge is 2.18. The van der Waals surface area contributed by atoms with Gasteiger partial charge in [0.15, 0.2) is 11.7 Å². The fourth-order valence-corrected chi connectivity index (χ4v) is 3.64. The van der Waals surface area contributed by atoms with Crippen LogP contribution in [0.4, 0.5) is 5.13 Å². The molecule has 1 fully saturated rings. The standard InChI is InChI=1S/C17H21N3O3S/c1-22-13-3-2-4-14(9-13)23-11-16(21)20-17-19-10-15(24-17)12-5-7-18-8-6-12/h2-4,9-10,12,18H,5-8,11H2,1H3,(H,19,20,21). The first-order valence-electron chi connectivity index (χ1n) is 7.98. The molecule has 0 atom stereocenters. The molecule has 0 bridgehead atoms. The van der Waals surface area contributed by atoms with E-state index in [1.54, 1.807) is 30.6 Å². The Kier molecular flexibility index (Phi) is 5.66. The van der Waals surface area contributed by atoms with Gasteiger partial charge in [0.2, 0.25) is 0 Å². The smallest absolute Gasteiger partial charge is 0.264 e. The Balaban J connectivity index is 1.50. The van der Waals surface area contributed by atoms with Gasteiger partial charge in [-0.3, -0.25) is 10.1 Å². The zero-order valence-corrected chi connectivity index (χ0v) is 14.4. The van der Waals surface area contributed by atoms with E-state index in [2.05, 4.69) is 15.6 Å². The van der Waals surface area contributed by atoms with Crippen LogP contribution in [-0.4, -0.2) is 37.7 Å². The number of carbonyl (C=O) groups excluding carboxylic acids is 1. The summed E-state index contributed by atoms with van der Waals surface area (Å²) in [6.45, 7) is 2.02. The van der Waals surface area contributed by atoms with Crippen molar-refractivity contribution in [3.63, 3.8) is 0 Å². The third kappa shape index (κ3) is 4.46. The molecule has 3 rings (SSSR count). The van der Waals surface area contributed by atoms with Gasteiger partial charge in [-0.25, -0.2) is 4.98 Å². The molecule has 6 nitrogen and oxygen atoms in total. The first-order chi connectivity index (χ1) is 11.7. The van der Waals surface area contributed by atoms with E-state index in [1.165, 1.54) is 4.88 Å². The summed E-state index contributed by atoms with van der Waals surface area (Å²) < 4.78 is 10.6. The number of carbonyl (C=O) groups is 1. The second-order valence-electron chi connectivity index (χ2n) is 5.61. The van der Waals surface area contributed by atoms with Gasteiger partial charge in [0.05, 0.1) is 7.11 Å². The van der Waals surface area contributed by atoms with Gasteiger partial charge in [-0.05, 0) is 44.0 Å². The Bertz CT molecular complexity index is 683. The van der Waals surface area contributed by atoms with Crippen molar-refractivity contribution in [1.29, 1.82) is 0 Å². The summed E-state index contributed by atoms with van der Waals surface area (Å²) in [4.78, 5) is 17.6. The van der Waals surface area contributed by atoms with Crippen LogP contribution < -0.4 is 20.1 Å². The Hall–Kier alpha value is -2.12. The van der Waals surface area contributed by atoms with E-state index in [0.717, 1.165) is 25.9 Å². The van der Waals surface area contributed by atoms with Crippen molar-refractivity contribution in [3.8, 4) is 11.5 Å². The lowest BCUT2D eigenvalue weighted by Crippen LogP contribution is -2.26. The molecule has 0 unspecified atom stereocenters. The summed E-state index contributed by atoms with van der Waals surface area (Å²) in [6, 6.07) is 7.17. The van der Waals surface area contributed by atoms with E-state index in [9.17, 15) is 4.79 Å². The molecule has 7 heteroatoms. The van der Waals surface area contributed by atoms with E-state index in [0.29, 0.717) is 22.5 Å². The fourth-order valence-electron chi connectivity index (χ4n) is 2.63. The molecule has 2 heterocycles. The molecule has 1 saturated heterocycles. The van der Waals surface area contributed by atoms with Gasteiger partial charge in [-0.15, -0.1) is 11.3 Å². The topological polar surface area (TPSA) is 72.5 Å². The number of nitrogens with one attached hydrogen (secondary N) is 2. The summed E-state index contributed by atoms with van der Waals surface area (Å²) in [5.74, 6) is 1.62. The summed E-state index contributed by atoms with van der Waals surface area (Å²) in [5, 5.41) is 6.78. The number of thiazole rings is 1. The summed E-state index contributed by atoms with van der Waals surface area (Å²) in [6.07, 6.45) is 4.11. The molecule has 0 aliphatic carbocycles. The van der Waals surface area contributed by atoms with E-state index in [-0.39, 0.29) is 12.5 Å². The van der Waals surface area contributed by atoms with Crippen LogP contribution >= 0.6 is 11.3 Å². The van der Waals surface area contributed by atoms with Gasteiger partial charge in [-0.1, -0.05) is 6.07 Å². The third-order valence-electron chi connectivity index (χ3n) is 3.92. The second kappa shape index (κ2) is 8.12. The first-order valence-corrected chi connectivity index (χ1v) is 8.79. The maximum absolute atomic E-state index is 12.0. The number of anilines is 1. The minimum Gasteiger partial charge on any atom is -0.497 e. The molecule has 0 saturated carbocycles. The maximum Gasteiger partial charge on any atom is 0.264 e. The van der Waals surface area contributed by atoms with Crippen molar-refractivity contribution < 1.29 is 14.3 Å². The highest BCUT2D eigenvalue weighted by atomic mass is 32.1. The quantitative estimate of drug-likeness (QED) is 0.840. The summed E-state index contributed by atoms with van der Waals surface area (Å²) in [7, 11) is 1.59. The van der Waals surface area contributed by atoms with Gasteiger partial charge < -0.3 is 14.8 Å². The molecule has 1 aliphatic heterocycles. The SMILES string of the molecule is COc1cccc(OCC(=O)Nc2ncc(C3CCNCC3)s2)c1. The number of nitrogens with zero attached hydrogens (tertiary/aromatic N) is 1. The van der Waals surface area contributed by atoms with Gasteiger partial charge in [0.1, 0.15) is 11.5 Å². The molecule has 24 heavy (non-hydrogen) atoms. The van der Waals surface area contributed by atoms with Crippen LogP contribution in [0.25, 0.3) is 0 Å². The van der Waals surface area contributed by atoms with Crippen LogP contribution in [0.5, 0.6) is 11.5 Å². The van der Waals surface area contributed by atoms with Gasteiger partial charge in [-0.2, -0.15) is 0 Å². The Morgan fingerprint density at radius 1 is 1.38 bits per heavy atom. The molecule has 1 aromatic heterocycles. The van der Waals surface area contributed by atoms with E-state index < -0.39 is 0 Å². The molecule has 0 spiro atoms. The molecule has 128 valence electrons. The Morgan fingerprint density at radius 3 is 2.96 bits per heavy atom. The molecular formula is C17H21N3O3S. The average Bonchev–Trinajstić information content (AvgIpc) is 3.09. The number of aromatic nitrogens is 1. The lowest BCUT2D eigenvalue weighted by Gasteiger charge is -2.20. The lowest BCUT2D eigenvalue weighted by atomic mass is 9.97. The third-order valence-corrected chi connectivity index (χ3v) is 5.00. The average molecular weight is 347 g/mol. The number of amides is 1. The number of piperidine rings is 1. The number of rotatable bonds is 6. The van der Waals surface area contributed by atoms with Crippen LogP contribution in [0, 0.1) is 0 Å². The van der Waals surface area contributed by atoms with E-state index in [1.807, 2.05) is 18.3 Å². The van der Waals surface area contributed by atoms with Gasteiger partial charge >= 0.3 is 0 Å². The molecule has 2 N–H and O–H groups in total. The number of hydrogen-bond acceptors (Lipinski definition) is 6. The van der Waals surface area contributed by atoms with Crippen LogP contribution in [-0.2, 0) is 4.79 Å². The van der Waals surface area contributed by atoms with Crippen molar-refractivity contribution in [3.05, 3.63) is 35.3 Å². The van der Waals surface area contributed by atoms with Crippen molar-refractivity contribution in [2.45, 2.75) is 18.8 Å². The van der Waals surface area contributed by atoms with E-state index in [4.69, 9.17) is 9.47 Å². The highest BCUT2D eigenvalue weighted by molar-refractivity contribution is 7.15. The molecular weight excluding hydrogens is 326 g/mol. The summed E-state index contributed by atoms with van der Waals surface area (Å²) >= 11 is 1.55. The Labute approximate surface area is 145 Å². The van der Waals surface area contributed by atoms with Crippen LogP contribution in [0.15, 0.2) is 30.5 Å². The number of ether oxygens (including phenoxy) is 2. The molecule has 0 radical (unpaired) electrons. The van der Waals surface area contributed by atoms with Gasteiger partial charge in [0.25, 0.3) is 5.91 Å². The number of benzene rings is 1. The minimum absolute atomic E-state index is 0.0601. The zero-order chi connectivity index (χ0) is 16.8. The van der Waals surface area contributed by atoms with Crippen molar-refractivity contribution in [2.75, 3.05) is 32.1 Å². The number of methoxy groups -OCH3 is 1. The molecule has 1 amide bonds. The second-order valence-corrected chi connectivity index (χ2v) is 6.67. The van der Waals surface area contributed by atoms with Crippen molar-refractivity contribution in [1.82, 2.24) is 10.3 Å². The van der Waals surface area contributed by atoms with Gasteiger partial charge in [0, 0.05) is 17.1 Å². The monoisotopic (exact) mass is 347 g/mol. The summed E-state index contributed by atoms with van der Waals surface area (Å²) in [5.41, 5.74) is 0. The van der Waals surface area contributed by atoms with Crippen LogP contribution in [0.3, 0.4) is 0 Å². The first kappa shape index (κ1) is 16.7. The van der Waals surface area contributed by atoms with E-state index >= 15 is 0 Å². The molecule has 2 aromatic rings. The predicted molar refractivity (Wildman–Crippen MR) is 94.1 cm³/mol. The highest BCUT2D eigenvalue weighted by Crippen LogP contribution is 2.31. The zero-order valence-electron chi connectivity index (χ0n) is 13.6. The molecule has 1 aliphatic rings. The van der Waals surface area contributed by atoms with Crippen LogP contribution in [0.2, 0.25) is 0 Å². The number of hydrogen-bond donors (Lipinski definition) is 2. The van der Waals surface area contributed by atoms with Crippen molar-refractivity contribution >= 4 is 22.4 Å². The maximum atomic E-state index is 12.0. The minimum atomic E-state index is -0.218. The fraction of sp³-hybridized carbons (Fsp3) is 0.412. The molecule has 1 aromatic carbocycles. The predicted octanol–water partition coefficient (Wildman–Crippen LogP) is 2.64. The van der Waals surface area contributed by atoms with Crippen LogP contribution in [0.1, 0.15) is 23.6 Å². The Morgan fingerprint density at radius 2 is 2.17 bits per heavy atom.